The van der Waals surface area contributed by atoms with E-state index in [0.717, 1.165) is 0 Å². The van der Waals surface area contributed by atoms with Gasteiger partial charge in [0.05, 0.1) is 6.04 Å². The molecule has 2 nitrogen and oxygen atoms in total. The summed E-state index contributed by atoms with van der Waals surface area (Å²) in [5.41, 5.74) is 0.197. The summed E-state index contributed by atoms with van der Waals surface area (Å²) in [6.07, 6.45) is 2.70. The zero-order valence-electron chi connectivity index (χ0n) is 11.4. The Morgan fingerprint density at radius 3 is 2.41 bits per heavy atom. The average molecular weight is 252 g/mol. The summed E-state index contributed by atoms with van der Waals surface area (Å²) in [6, 6.07) is 4.93. The largest absolute Gasteiger partial charge is 0.311 e. The molecule has 96 valence electrons. The fourth-order valence-corrected chi connectivity index (χ4v) is 4.10. The van der Waals surface area contributed by atoms with Crippen LogP contribution in [-0.4, -0.2) is 30.6 Å². The van der Waals surface area contributed by atoms with Crippen LogP contribution in [0.3, 0.4) is 0 Å². The molecule has 1 aliphatic heterocycles. The molecule has 1 atom stereocenters. The quantitative estimate of drug-likeness (QED) is 0.885. The normalized spacial score (nSPS) is 19.8. The summed E-state index contributed by atoms with van der Waals surface area (Å²) in [4.78, 5) is 5.49. The maximum atomic E-state index is 3.52. The molecule has 1 N–H and O–H groups in total. The lowest BCUT2D eigenvalue weighted by Gasteiger charge is -2.41. The second kappa shape index (κ2) is 5.09. The summed E-state index contributed by atoms with van der Waals surface area (Å²) in [6.45, 7) is 9.41. The summed E-state index contributed by atoms with van der Waals surface area (Å²) in [5, 5.41) is 3.52. The van der Waals surface area contributed by atoms with Crippen molar-refractivity contribution in [1.29, 1.82) is 0 Å². The fourth-order valence-electron chi connectivity index (χ4n) is 2.93. The third-order valence-corrected chi connectivity index (χ3v) is 5.03. The summed E-state index contributed by atoms with van der Waals surface area (Å²) in [7, 11) is 2.08. The maximum Gasteiger partial charge on any atom is 0.0594 e. The van der Waals surface area contributed by atoms with E-state index in [-0.39, 0.29) is 5.54 Å². The van der Waals surface area contributed by atoms with Crippen molar-refractivity contribution in [2.24, 2.45) is 0 Å². The Kier molecular flexibility index (Phi) is 3.91. The van der Waals surface area contributed by atoms with Crippen LogP contribution in [0.1, 0.15) is 42.5 Å². The van der Waals surface area contributed by atoms with Crippen LogP contribution in [0.2, 0.25) is 0 Å². The molecule has 0 bridgehead atoms. The van der Waals surface area contributed by atoms with Crippen molar-refractivity contribution in [3.8, 4) is 0 Å². The van der Waals surface area contributed by atoms with E-state index in [9.17, 15) is 0 Å². The van der Waals surface area contributed by atoms with Gasteiger partial charge in [-0.25, -0.2) is 0 Å². The van der Waals surface area contributed by atoms with Gasteiger partial charge in [-0.15, -0.1) is 11.3 Å². The van der Waals surface area contributed by atoms with Crippen molar-refractivity contribution >= 4 is 11.3 Å². The van der Waals surface area contributed by atoms with E-state index in [1.54, 1.807) is 0 Å². The Hall–Kier alpha value is -0.380. The van der Waals surface area contributed by atoms with Crippen LogP contribution in [0.25, 0.3) is 0 Å². The van der Waals surface area contributed by atoms with Gasteiger partial charge in [0, 0.05) is 15.3 Å². The molecule has 1 fully saturated rings. The molecule has 0 saturated carbocycles. The lowest BCUT2D eigenvalue weighted by Crippen LogP contribution is -2.50. The predicted molar refractivity (Wildman–Crippen MR) is 75.7 cm³/mol. The van der Waals surface area contributed by atoms with Crippen LogP contribution in [0.4, 0.5) is 0 Å². The Morgan fingerprint density at radius 1 is 1.29 bits per heavy atom. The number of rotatable bonds is 4. The van der Waals surface area contributed by atoms with Gasteiger partial charge in [0.2, 0.25) is 0 Å². The van der Waals surface area contributed by atoms with Crippen LogP contribution >= 0.6 is 11.3 Å². The van der Waals surface area contributed by atoms with Gasteiger partial charge in [0.1, 0.15) is 0 Å². The molecule has 1 unspecified atom stereocenters. The fraction of sp³-hybridized carbons (Fsp3) is 0.714. The zero-order valence-corrected chi connectivity index (χ0v) is 12.2. The first kappa shape index (κ1) is 13.1. The van der Waals surface area contributed by atoms with Crippen molar-refractivity contribution < 1.29 is 0 Å². The van der Waals surface area contributed by atoms with Crippen LogP contribution in [0.15, 0.2) is 12.1 Å². The molecule has 1 saturated heterocycles. The molecule has 0 amide bonds. The van der Waals surface area contributed by atoms with Gasteiger partial charge in [0.25, 0.3) is 0 Å². The first-order valence-corrected chi connectivity index (χ1v) is 7.36. The molecule has 1 aromatic rings. The molecule has 0 aliphatic carbocycles. The van der Waals surface area contributed by atoms with Crippen molar-refractivity contribution in [3.63, 3.8) is 0 Å². The Labute approximate surface area is 109 Å². The first-order chi connectivity index (χ1) is 8.05. The average Bonchev–Trinajstić information content (AvgIpc) is 2.89. The number of aryl methyl sites for hydroxylation is 1. The SMILES string of the molecule is CNC(c1ccc(C)s1)C(C)(C)N1CCCC1. The monoisotopic (exact) mass is 252 g/mol. The molecule has 0 radical (unpaired) electrons. The number of nitrogens with zero attached hydrogens (tertiary/aromatic N) is 1. The molecular weight excluding hydrogens is 228 g/mol. The highest BCUT2D eigenvalue weighted by Gasteiger charge is 2.37. The number of nitrogens with one attached hydrogen (secondary N) is 1. The number of likely N-dealkylation sites (N-methyl/N-ethyl adjacent to an activating group) is 1. The van der Waals surface area contributed by atoms with Gasteiger partial charge in [0.15, 0.2) is 0 Å². The highest BCUT2D eigenvalue weighted by atomic mass is 32.1. The van der Waals surface area contributed by atoms with E-state index >= 15 is 0 Å². The Bertz CT molecular complexity index is 364. The second-order valence-corrected chi connectivity index (χ2v) is 6.84. The van der Waals surface area contributed by atoms with Crippen molar-refractivity contribution in [3.05, 3.63) is 21.9 Å². The summed E-state index contributed by atoms with van der Waals surface area (Å²) >= 11 is 1.92. The topological polar surface area (TPSA) is 15.3 Å². The molecule has 1 aliphatic rings. The van der Waals surface area contributed by atoms with E-state index in [4.69, 9.17) is 0 Å². The van der Waals surface area contributed by atoms with E-state index in [1.807, 2.05) is 11.3 Å². The standard InChI is InChI=1S/C14H24N2S/c1-11-7-8-12(17-11)13(15-4)14(2,3)16-9-5-6-10-16/h7-8,13,15H,5-6,9-10H2,1-4H3. The first-order valence-electron chi connectivity index (χ1n) is 6.54. The number of thiophene rings is 1. The summed E-state index contributed by atoms with van der Waals surface area (Å²) < 4.78 is 0. The van der Waals surface area contributed by atoms with Crippen molar-refractivity contribution in [2.75, 3.05) is 20.1 Å². The van der Waals surface area contributed by atoms with Gasteiger partial charge >= 0.3 is 0 Å². The molecule has 2 heterocycles. The van der Waals surface area contributed by atoms with Gasteiger partial charge in [-0.2, -0.15) is 0 Å². The van der Waals surface area contributed by atoms with E-state index in [2.05, 4.69) is 50.2 Å². The van der Waals surface area contributed by atoms with Gasteiger partial charge < -0.3 is 5.32 Å². The third-order valence-electron chi connectivity index (χ3n) is 3.96. The van der Waals surface area contributed by atoms with Crippen molar-refractivity contribution in [1.82, 2.24) is 10.2 Å². The minimum absolute atomic E-state index is 0.197. The molecule has 0 spiro atoms. The van der Waals surface area contributed by atoms with Gasteiger partial charge in [-0.1, -0.05) is 0 Å². The van der Waals surface area contributed by atoms with E-state index < -0.39 is 0 Å². The lowest BCUT2D eigenvalue weighted by atomic mass is 9.91. The third kappa shape index (κ3) is 2.56. The predicted octanol–water partition coefficient (Wildman–Crippen LogP) is 3.19. The number of likely N-dealkylation sites (tertiary alicyclic amines) is 1. The maximum absolute atomic E-state index is 3.52. The number of hydrogen-bond donors (Lipinski definition) is 1. The molecule has 3 heteroatoms. The highest BCUT2D eigenvalue weighted by molar-refractivity contribution is 7.12. The number of hydrogen-bond acceptors (Lipinski definition) is 3. The van der Waals surface area contributed by atoms with Crippen LogP contribution in [-0.2, 0) is 0 Å². The van der Waals surface area contributed by atoms with Crippen molar-refractivity contribution in [2.45, 2.75) is 45.2 Å². The smallest absolute Gasteiger partial charge is 0.0594 e. The van der Waals surface area contributed by atoms with Gasteiger partial charge in [-0.05, 0) is 65.9 Å². The summed E-state index contributed by atoms with van der Waals surface area (Å²) in [5.74, 6) is 0. The second-order valence-electron chi connectivity index (χ2n) is 5.52. The van der Waals surface area contributed by atoms with E-state index in [0.29, 0.717) is 6.04 Å². The minimum atomic E-state index is 0.197. The lowest BCUT2D eigenvalue weighted by molar-refractivity contribution is 0.112. The molecule has 1 aromatic heterocycles. The molecule has 0 aromatic carbocycles. The minimum Gasteiger partial charge on any atom is -0.311 e. The van der Waals surface area contributed by atoms with Crippen LogP contribution in [0.5, 0.6) is 0 Å². The Morgan fingerprint density at radius 2 is 1.94 bits per heavy atom. The molecule has 17 heavy (non-hydrogen) atoms. The molecule has 2 rings (SSSR count). The Balaban J connectivity index is 2.21. The van der Waals surface area contributed by atoms with Gasteiger partial charge in [-0.3, -0.25) is 4.90 Å². The zero-order chi connectivity index (χ0) is 12.5. The van der Waals surface area contributed by atoms with E-state index in [1.165, 1.54) is 35.7 Å². The molecular formula is C14H24N2S. The highest BCUT2D eigenvalue weighted by Crippen LogP contribution is 2.36. The van der Waals surface area contributed by atoms with Crippen LogP contribution < -0.4 is 5.32 Å². The van der Waals surface area contributed by atoms with Crippen LogP contribution in [0, 0.1) is 6.92 Å².